The minimum Gasteiger partial charge on any atom is -0.508 e. The number of carbonyl (C=O) groups is 2. The Morgan fingerprint density at radius 1 is 1.27 bits per heavy atom. The SMILES string of the molecule is CN(C)CCN(Cc1cccc(O)c1)C(=O)[C@@H]1CC(=O)N(CC2CC2)C1. The van der Waals surface area contributed by atoms with Crippen molar-refractivity contribution in [1.29, 1.82) is 0 Å². The van der Waals surface area contributed by atoms with Gasteiger partial charge in [0.05, 0.1) is 5.92 Å². The minimum atomic E-state index is -0.249. The number of hydrogen-bond donors (Lipinski definition) is 1. The summed E-state index contributed by atoms with van der Waals surface area (Å²) in [5.74, 6) is 0.752. The van der Waals surface area contributed by atoms with Crippen LogP contribution in [0, 0.1) is 11.8 Å². The summed E-state index contributed by atoms with van der Waals surface area (Å²) in [5.41, 5.74) is 0.899. The Morgan fingerprint density at radius 2 is 2.04 bits per heavy atom. The zero-order chi connectivity index (χ0) is 18.7. The average molecular weight is 359 g/mol. The molecule has 0 bridgehead atoms. The Bertz CT molecular complexity index is 657. The standard InChI is InChI=1S/C20H29N3O3/c1-21(2)8-9-22(13-16-4-3-5-18(24)10-16)20(26)17-11-19(25)23(14-17)12-15-6-7-15/h3-5,10,15,17,24H,6-9,11-14H2,1-2H3/t17-/m1/s1. The topological polar surface area (TPSA) is 64.1 Å². The van der Waals surface area contributed by atoms with Crippen molar-refractivity contribution in [3.8, 4) is 5.75 Å². The highest BCUT2D eigenvalue weighted by atomic mass is 16.3. The van der Waals surface area contributed by atoms with E-state index < -0.39 is 0 Å². The fourth-order valence-electron chi connectivity index (χ4n) is 3.45. The van der Waals surface area contributed by atoms with E-state index in [1.54, 1.807) is 18.2 Å². The van der Waals surface area contributed by atoms with Crippen molar-refractivity contribution >= 4 is 11.8 Å². The summed E-state index contributed by atoms with van der Waals surface area (Å²) in [5, 5.41) is 9.69. The quantitative estimate of drug-likeness (QED) is 0.765. The predicted octanol–water partition coefficient (Wildman–Crippen LogP) is 1.54. The van der Waals surface area contributed by atoms with Crippen LogP contribution in [0.4, 0.5) is 0 Å². The Balaban J connectivity index is 1.66. The first-order valence-electron chi connectivity index (χ1n) is 9.41. The molecule has 26 heavy (non-hydrogen) atoms. The zero-order valence-electron chi connectivity index (χ0n) is 15.7. The van der Waals surface area contributed by atoms with Crippen molar-refractivity contribution in [1.82, 2.24) is 14.7 Å². The van der Waals surface area contributed by atoms with E-state index in [-0.39, 0.29) is 23.5 Å². The number of phenolic OH excluding ortho intramolecular Hbond substituents is 1. The molecule has 6 nitrogen and oxygen atoms in total. The van der Waals surface area contributed by atoms with E-state index in [9.17, 15) is 14.7 Å². The van der Waals surface area contributed by atoms with Gasteiger partial charge in [-0.2, -0.15) is 0 Å². The van der Waals surface area contributed by atoms with Gasteiger partial charge in [-0.3, -0.25) is 9.59 Å². The Hall–Kier alpha value is -2.08. The number of likely N-dealkylation sites (tertiary alicyclic amines) is 1. The molecule has 1 atom stereocenters. The normalized spacial score (nSPS) is 20.0. The molecule has 1 saturated heterocycles. The molecule has 2 amide bonds. The van der Waals surface area contributed by atoms with Crippen molar-refractivity contribution in [3.63, 3.8) is 0 Å². The molecule has 2 fully saturated rings. The van der Waals surface area contributed by atoms with Crippen LogP contribution in [0.1, 0.15) is 24.8 Å². The second-order valence-corrected chi connectivity index (χ2v) is 7.88. The first-order chi connectivity index (χ1) is 12.4. The fourth-order valence-corrected chi connectivity index (χ4v) is 3.45. The van der Waals surface area contributed by atoms with Crippen LogP contribution in [0.25, 0.3) is 0 Å². The third kappa shape index (κ3) is 4.97. The molecule has 1 saturated carbocycles. The van der Waals surface area contributed by atoms with Gasteiger partial charge in [0.25, 0.3) is 0 Å². The van der Waals surface area contributed by atoms with Crippen molar-refractivity contribution in [2.75, 3.05) is 40.3 Å². The first kappa shape index (κ1) is 18.7. The monoisotopic (exact) mass is 359 g/mol. The smallest absolute Gasteiger partial charge is 0.228 e. The van der Waals surface area contributed by atoms with E-state index in [2.05, 4.69) is 0 Å². The Labute approximate surface area is 155 Å². The van der Waals surface area contributed by atoms with Crippen LogP contribution in [0.5, 0.6) is 5.75 Å². The molecule has 1 aromatic rings. The van der Waals surface area contributed by atoms with E-state index in [1.165, 1.54) is 12.8 Å². The van der Waals surface area contributed by atoms with Crippen LogP contribution in [0.3, 0.4) is 0 Å². The maximum Gasteiger partial charge on any atom is 0.228 e. The lowest BCUT2D eigenvalue weighted by atomic mass is 10.1. The summed E-state index contributed by atoms with van der Waals surface area (Å²) in [7, 11) is 3.96. The summed E-state index contributed by atoms with van der Waals surface area (Å²) >= 11 is 0. The number of benzene rings is 1. The van der Waals surface area contributed by atoms with Gasteiger partial charge in [0.15, 0.2) is 0 Å². The van der Waals surface area contributed by atoms with Crippen LogP contribution in [-0.2, 0) is 16.1 Å². The number of nitrogens with zero attached hydrogens (tertiary/aromatic N) is 3. The van der Waals surface area contributed by atoms with Gasteiger partial charge in [-0.25, -0.2) is 0 Å². The van der Waals surface area contributed by atoms with Gasteiger partial charge >= 0.3 is 0 Å². The number of carbonyl (C=O) groups excluding carboxylic acids is 2. The van der Waals surface area contributed by atoms with Crippen molar-refractivity contribution < 1.29 is 14.7 Å². The van der Waals surface area contributed by atoms with Crippen LogP contribution in [0.2, 0.25) is 0 Å². The molecule has 0 unspecified atom stereocenters. The highest BCUT2D eigenvalue weighted by molar-refractivity contribution is 5.89. The molecule has 1 aromatic carbocycles. The third-order valence-corrected chi connectivity index (χ3v) is 5.15. The number of likely N-dealkylation sites (N-methyl/N-ethyl adjacent to an activating group) is 1. The van der Waals surface area contributed by atoms with Crippen LogP contribution >= 0.6 is 0 Å². The number of rotatable bonds is 8. The first-order valence-corrected chi connectivity index (χ1v) is 9.41. The Kier molecular flexibility index (Phi) is 5.81. The lowest BCUT2D eigenvalue weighted by Gasteiger charge is -2.27. The van der Waals surface area contributed by atoms with Crippen molar-refractivity contribution in [2.24, 2.45) is 11.8 Å². The molecule has 0 spiro atoms. The molecule has 2 aliphatic rings. The molecule has 142 valence electrons. The average Bonchev–Trinajstić information content (AvgIpc) is 3.33. The van der Waals surface area contributed by atoms with Gasteiger partial charge < -0.3 is 19.8 Å². The lowest BCUT2D eigenvalue weighted by Crippen LogP contribution is -2.40. The second-order valence-electron chi connectivity index (χ2n) is 7.88. The van der Waals surface area contributed by atoms with E-state index in [0.717, 1.165) is 18.7 Å². The summed E-state index contributed by atoms with van der Waals surface area (Å²) < 4.78 is 0. The van der Waals surface area contributed by atoms with Gasteiger partial charge in [-0.15, -0.1) is 0 Å². The number of phenols is 1. The summed E-state index contributed by atoms with van der Waals surface area (Å²) in [6, 6.07) is 7.01. The molecular weight excluding hydrogens is 330 g/mol. The number of hydrogen-bond acceptors (Lipinski definition) is 4. The minimum absolute atomic E-state index is 0.0434. The highest BCUT2D eigenvalue weighted by Crippen LogP contribution is 2.32. The van der Waals surface area contributed by atoms with Crippen LogP contribution in [0.15, 0.2) is 24.3 Å². The van der Waals surface area contributed by atoms with Crippen LogP contribution < -0.4 is 0 Å². The zero-order valence-corrected chi connectivity index (χ0v) is 15.7. The summed E-state index contributed by atoms with van der Waals surface area (Å²) in [6.07, 6.45) is 2.73. The van der Waals surface area contributed by atoms with E-state index in [0.29, 0.717) is 32.0 Å². The maximum absolute atomic E-state index is 13.1. The number of aromatic hydroxyl groups is 1. The molecule has 0 radical (unpaired) electrons. The van der Waals surface area contributed by atoms with Gasteiger partial charge in [0.2, 0.25) is 11.8 Å². The second kappa shape index (κ2) is 8.08. The molecule has 0 aromatic heterocycles. The molecule has 3 rings (SSSR count). The molecule has 1 aliphatic carbocycles. The van der Waals surface area contributed by atoms with E-state index in [4.69, 9.17) is 0 Å². The summed E-state index contributed by atoms with van der Waals surface area (Å²) in [6.45, 7) is 3.18. The van der Waals surface area contributed by atoms with Gasteiger partial charge in [0.1, 0.15) is 5.75 Å². The third-order valence-electron chi connectivity index (χ3n) is 5.15. The molecule has 1 aliphatic heterocycles. The van der Waals surface area contributed by atoms with Gasteiger partial charge in [-0.1, -0.05) is 12.1 Å². The number of amides is 2. The highest BCUT2D eigenvalue weighted by Gasteiger charge is 2.38. The van der Waals surface area contributed by atoms with Crippen molar-refractivity contribution in [2.45, 2.75) is 25.8 Å². The lowest BCUT2D eigenvalue weighted by molar-refractivity contribution is -0.136. The molecule has 1 heterocycles. The van der Waals surface area contributed by atoms with Crippen molar-refractivity contribution in [3.05, 3.63) is 29.8 Å². The molecular formula is C20H29N3O3. The molecule has 1 N–H and O–H groups in total. The summed E-state index contributed by atoms with van der Waals surface area (Å²) in [4.78, 5) is 31.1. The van der Waals surface area contributed by atoms with E-state index >= 15 is 0 Å². The fraction of sp³-hybridized carbons (Fsp3) is 0.600. The maximum atomic E-state index is 13.1. The largest absolute Gasteiger partial charge is 0.508 e. The van der Waals surface area contributed by atoms with E-state index in [1.807, 2.05) is 34.9 Å². The Morgan fingerprint density at radius 3 is 2.69 bits per heavy atom. The van der Waals surface area contributed by atoms with Gasteiger partial charge in [-0.05, 0) is 50.6 Å². The predicted molar refractivity (Wildman–Crippen MR) is 99.5 cm³/mol. The molecule has 6 heteroatoms. The van der Waals surface area contributed by atoms with Gasteiger partial charge in [0, 0.05) is 39.1 Å². The van der Waals surface area contributed by atoms with Crippen LogP contribution in [-0.4, -0.2) is 71.9 Å².